The zero-order chi connectivity index (χ0) is 41.2. The van der Waals surface area contributed by atoms with E-state index in [0.717, 1.165) is 0 Å². The number of para-hydroxylation sites is 1. The van der Waals surface area contributed by atoms with Gasteiger partial charge in [0.2, 0.25) is 0 Å². The first-order chi connectivity index (χ1) is 31.2. The Morgan fingerprint density at radius 3 is 1.83 bits per heavy atom. The second kappa shape index (κ2) is 13.4. The molecule has 0 N–H and O–H groups in total. The fraction of sp³-hybridized carbons (Fsp3) is 0.100. The molecule has 3 heterocycles. The minimum atomic E-state index is 0.0995. The maximum atomic E-state index is 2.60. The van der Waals surface area contributed by atoms with Gasteiger partial charge in [0.15, 0.2) is 0 Å². The Hall–Kier alpha value is -7.20. The van der Waals surface area contributed by atoms with Crippen molar-refractivity contribution in [1.82, 2.24) is 9.13 Å². The Morgan fingerprint density at radius 1 is 0.333 bits per heavy atom. The van der Waals surface area contributed by atoms with Crippen LogP contribution in [-0.4, -0.2) is 9.13 Å². The highest BCUT2D eigenvalue weighted by Gasteiger charge is 2.44. The van der Waals surface area contributed by atoms with Crippen molar-refractivity contribution in [1.29, 1.82) is 0 Å². The highest BCUT2D eigenvalue weighted by Crippen LogP contribution is 2.57. The standard InChI is InChI=1S/C60H42N2S/c1-3-13-38(14-4-1)39-21-25-42(26-22-39)61-56-34-41(23-28-46(56)51-36-53-49(37-57(51)61)44-15-5-8-18-52(44)60(53)31-11-2-12-32-60)40-24-30-55-50(33-40)45-16-6-9-19-54(45)62(55)43-27-29-48-47-17-7-10-20-58(47)63-59(48)35-43/h1,3-10,13-30,33-37H,2,11-12,31-32H2. The summed E-state index contributed by atoms with van der Waals surface area (Å²) in [6.07, 6.45) is 6.36. The lowest BCUT2D eigenvalue weighted by atomic mass is 9.68. The normalized spacial score (nSPS) is 14.5. The predicted octanol–water partition coefficient (Wildman–Crippen LogP) is 16.8. The summed E-state index contributed by atoms with van der Waals surface area (Å²) in [5.41, 5.74) is 18.2. The fourth-order valence-electron chi connectivity index (χ4n) is 11.8. The molecule has 1 saturated carbocycles. The molecular formula is C60H42N2S. The monoisotopic (exact) mass is 822 g/mol. The van der Waals surface area contributed by atoms with Crippen molar-refractivity contribution >= 4 is 75.1 Å². The van der Waals surface area contributed by atoms with Crippen molar-refractivity contribution in [2.45, 2.75) is 37.5 Å². The lowest BCUT2D eigenvalue weighted by molar-refractivity contribution is 0.353. The van der Waals surface area contributed by atoms with E-state index in [1.54, 1.807) is 0 Å². The number of nitrogens with zero attached hydrogens (tertiary/aromatic N) is 2. The summed E-state index contributed by atoms with van der Waals surface area (Å²) in [7, 11) is 0. The van der Waals surface area contributed by atoms with Crippen LogP contribution in [0.3, 0.4) is 0 Å². The number of hydrogen-bond acceptors (Lipinski definition) is 1. The molecule has 1 fully saturated rings. The van der Waals surface area contributed by atoms with Crippen LogP contribution in [-0.2, 0) is 5.41 Å². The lowest BCUT2D eigenvalue weighted by Gasteiger charge is -2.36. The summed E-state index contributed by atoms with van der Waals surface area (Å²) in [6.45, 7) is 0. The summed E-state index contributed by atoms with van der Waals surface area (Å²) in [6, 6.07) is 73.3. The number of hydrogen-bond donors (Lipinski definition) is 0. The maximum Gasteiger partial charge on any atom is 0.0547 e. The Labute approximate surface area is 369 Å². The molecule has 1 spiro atoms. The van der Waals surface area contributed by atoms with Crippen molar-refractivity contribution in [2.24, 2.45) is 0 Å². The molecule has 0 amide bonds. The van der Waals surface area contributed by atoms with Crippen LogP contribution >= 0.6 is 11.3 Å². The summed E-state index contributed by atoms with van der Waals surface area (Å²) in [5.74, 6) is 0. The largest absolute Gasteiger partial charge is 0.309 e. The fourth-order valence-corrected chi connectivity index (χ4v) is 13.0. The van der Waals surface area contributed by atoms with Gasteiger partial charge in [0, 0.05) is 58.5 Å². The third kappa shape index (κ3) is 5.12. The molecule has 3 heteroatoms. The molecule has 12 aromatic rings. The van der Waals surface area contributed by atoms with Crippen molar-refractivity contribution in [2.75, 3.05) is 0 Å². The molecule has 0 atom stereocenters. The third-order valence-corrected chi connectivity index (χ3v) is 15.9. The molecule has 9 aromatic carbocycles. The van der Waals surface area contributed by atoms with Gasteiger partial charge in [0.1, 0.15) is 0 Å². The molecule has 0 aliphatic heterocycles. The van der Waals surface area contributed by atoms with E-state index >= 15 is 0 Å². The van der Waals surface area contributed by atoms with E-state index in [9.17, 15) is 0 Å². The molecule has 2 nitrogen and oxygen atoms in total. The van der Waals surface area contributed by atoms with Gasteiger partial charge < -0.3 is 9.13 Å². The van der Waals surface area contributed by atoms with Crippen LogP contribution in [0.15, 0.2) is 194 Å². The highest BCUT2D eigenvalue weighted by atomic mass is 32.1. The molecule has 0 saturated heterocycles. The Kier molecular flexibility index (Phi) is 7.53. The number of rotatable bonds is 4. The van der Waals surface area contributed by atoms with E-state index in [4.69, 9.17) is 0 Å². The first-order valence-corrected chi connectivity index (χ1v) is 23.4. The Bertz CT molecular complexity index is 3820. The van der Waals surface area contributed by atoms with Crippen molar-refractivity contribution < 1.29 is 0 Å². The second-order valence-corrected chi connectivity index (χ2v) is 19.0. The van der Waals surface area contributed by atoms with Gasteiger partial charge in [-0.05, 0) is 124 Å². The van der Waals surface area contributed by atoms with E-state index in [1.807, 2.05) is 11.3 Å². The molecule has 2 aliphatic carbocycles. The number of benzene rings is 9. The van der Waals surface area contributed by atoms with Crippen LogP contribution in [0.25, 0.3) is 109 Å². The van der Waals surface area contributed by atoms with Crippen molar-refractivity contribution in [3.05, 3.63) is 205 Å². The molecule has 14 rings (SSSR count). The SMILES string of the molecule is c1ccc(-c2ccc(-n3c4cc(-c5ccc6c(c5)c5ccccc5n6-c5ccc6c(c5)sc5ccccc56)ccc4c4cc5c(cc43)-c3ccccc3C53CCCCC3)cc2)cc1. The number of aromatic nitrogens is 2. The first-order valence-electron chi connectivity index (χ1n) is 22.5. The van der Waals surface area contributed by atoms with Crippen LogP contribution in [0.1, 0.15) is 43.2 Å². The smallest absolute Gasteiger partial charge is 0.0547 e. The van der Waals surface area contributed by atoms with E-state index in [1.165, 1.54) is 152 Å². The van der Waals surface area contributed by atoms with Gasteiger partial charge in [0.05, 0.1) is 22.1 Å². The average Bonchev–Trinajstić information content (AvgIpc) is 4.06. The molecule has 298 valence electrons. The topological polar surface area (TPSA) is 9.86 Å². The van der Waals surface area contributed by atoms with Crippen molar-refractivity contribution in [3.63, 3.8) is 0 Å². The number of fused-ring (bicyclic) bond motifs is 14. The zero-order valence-electron chi connectivity index (χ0n) is 34.8. The van der Waals surface area contributed by atoms with Gasteiger partial charge in [-0.1, -0.05) is 147 Å². The number of thiophene rings is 1. The second-order valence-electron chi connectivity index (χ2n) is 17.9. The van der Waals surface area contributed by atoms with Gasteiger partial charge in [-0.3, -0.25) is 0 Å². The minimum absolute atomic E-state index is 0.0995. The molecule has 2 aliphatic rings. The van der Waals surface area contributed by atoms with E-state index < -0.39 is 0 Å². The lowest BCUT2D eigenvalue weighted by Crippen LogP contribution is -2.27. The Balaban J connectivity index is 0.967. The summed E-state index contributed by atoms with van der Waals surface area (Å²) in [4.78, 5) is 0. The van der Waals surface area contributed by atoms with Crippen molar-refractivity contribution in [3.8, 4) is 44.8 Å². The first kappa shape index (κ1) is 35.4. The van der Waals surface area contributed by atoms with Gasteiger partial charge >= 0.3 is 0 Å². The quantitative estimate of drug-likeness (QED) is 0.167. The van der Waals surface area contributed by atoms with E-state index in [2.05, 4.69) is 203 Å². The van der Waals surface area contributed by atoms with Crippen LogP contribution in [0.4, 0.5) is 0 Å². The van der Waals surface area contributed by atoms with Crippen LogP contribution < -0.4 is 0 Å². The minimum Gasteiger partial charge on any atom is -0.309 e. The van der Waals surface area contributed by atoms with Crippen LogP contribution in [0, 0.1) is 0 Å². The predicted molar refractivity (Wildman–Crippen MR) is 268 cm³/mol. The maximum absolute atomic E-state index is 2.60. The van der Waals surface area contributed by atoms with Gasteiger partial charge in [-0.15, -0.1) is 11.3 Å². The van der Waals surface area contributed by atoms with Crippen LogP contribution in [0.2, 0.25) is 0 Å². The van der Waals surface area contributed by atoms with Gasteiger partial charge in [-0.2, -0.15) is 0 Å². The average molecular weight is 823 g/mol. The molecule has 0 radical (unpaired) electrons. The van der Waals surface area contributed by atoms with E-state index in [0.29, 0.717) is 0 Å². The van der Waals surface area contributed by atoms with Gasteiger partial charge in [0.25, 0.3) is 0 Å². The summed E-state index contributed by atoms with van der Waals surface area (Å²) in [5, 5.41) is 7.84. The summed E-state index contributed by atoms with van der Waals surface area (Å²) < 4.78 is 7.64. The molecular weight excluding hydrogens is 781 g/mol. The van der Waals surface area contributed by atoms with Gasteiger partial charge in [-0.25, -0.2) is 0 Å². The molecule has 0 bridgehead atoms. The van der Waals surface area contributed by atoms with E-state index in [-0.39, 0.29) is 5.41 Å². The van der Waals surface area contributed by atoms with Crippen LogP contribution in [0.5, 0.6) is 0 Å². The highest BCUT2D eigenvalue weighted by molar-refractivity contribution is 7.25. The Morgan fingerprint density at radius 2 is 0.937 bits per heavy atom. The third-order valence-electron chi connectivity index (χ3n) is 14.7. The zero-order valence-corrected chi connectivity index (χ0v) is 35.6. The molecule has 3 aromatic heterocycles. The molecule has 0 unspecified atom stereocenters. The molecule has 63 heavy (non-hydrogen) atoms. The summed E-state index contributed by atoms with van der Waals surface area (Å²) >= 11 is 1.88.